The summed E-state index contributed by atoms with van der Waals surface area (Å²) in [7, 11) is 1.46. The molecule has 0 bridgehead atoms. The molecule has 2 atom stereocenters. The molecule has 3 amide bonds. The molecule has 9 heteroatoms. The summed E-state index contributed by atoms with van der Waals surface area (Å²) in [6, 6.07) is -0.548. The summed E-state index contributed by atoms with van der Waals surface area (Å²) in [6.07, 6.45) is 3.87. The first kappa shape index (κ1) is 22.8. The van der Waals surface area contributed by atoms with Crippen molar-refractivity contribution in [2.24, 2.45) is 11.8 Å². The van der Waals surface area contributed by atoms with Gasteiger partial charge in [0, 0.05) is 18.5 Å². The fourth-order valence-electron chi connectivity index (χ4n) is 3.57. The Bertz CT molecular complexity index is 1010. The number of aryl methyl sites for hydroxylation is 1. The minimum absolute atomic E-state index is 0.00545. The van der Waals surface area contributed by atoms with Crippen LogP contribution < -0.4 is 16.2 Å². The number of carbonyl (C=O) groups is 2. The minimum atomic E-state index is -0.563. The Kier molecular flexibility index (Phi) is 7.23. The van der Waals surface area contributed by atoms with Crippen LogP contribution >= 0.6 is 23.1 Å². The van der Waals surface area contributed by atoms with Crippen LogP contribution in [0.3, 0.4) is 0 Å². The van der Waals surface area contributed by atoms with Crippen molar-refractivity contribution < 1.29 is 9.59 Å². The SMILES string of the molecule is CNC(=O)NC(=O)C(C)Sc1nc2sc3c(c2c(=O)n1CCC(C)C)CCC(C)C3. The predicted molar refractivity (Wildman–Crippen MR) is 122 cm³/mol. The van der Waals surface area contributed by atoms with Crippen LogP contribution in [0, 0.1) is 11.8 Å². The fraction of sp³-hybridized carbons (Fsp3) is 0.619. The maximum Gasteiger partial charge on any atom is 0.321 e. The van der Waals surface area contributed by atoms with Crippen LogP contribution in [-0.2, 0) is 24.2 Å². The number of aromatic nitrogens is 2. The third-order valence-corrected chi connectivity index (χ3v) is 7.66. The zero-order valence-corrected chi connectivity index (χ0v) is 19.8. The molecule has 1 aliphatic rings. The lowest BCUT2D eigenvalue weighted by atomic mass is 9.89. The molecule has 164 valence electrons. The second-order valence-corrected chi connectivity index (χ2v) is 10.8. The van der Waals surface area contributed by atoms with Crippen molar-refractivity contribution >= 4 is 45.3 Å². The number of nitrogens with one attached hydrogen (secondary N) is 2. The standard InChI is InChI=1S/C21H30N4O3S2/c1-11(2)8-9-25-19(27)16-14-7-6-12(3)10-15(14)30-18(16)24-21(25)29-13(4)17(26)23-20(28)22-5/h11-13H,6-10H2,1-5H3,(H2,22,23,26,28). The molecule has 2 aromatic rings. The maximum absolute atomic E-state index is 13.5. The number of thiophene rings is 1. The van der Waals surface area contributed by atoms with Gasteiger partial charge in [0.05, 0.1) is 10.6 Å². The van der Waals surface area contributed by atoms with Crippen molar-refractivity contribution in [3.05, 3.63) is 20.8 Å². The van der Waals surface area contributed by atoms with E-state index in [1.54, 1.807) is 22.8 Å². The van der Waals surface area contributed by atoms with E-state index >= 15 is 0 Å². The maximum atomic E-state index is 13.5. The summed E-state index contributed by atoms with van der Waals surface area (Å²) in [6.45, 7) is 8.77. The molecule has 2 unspecified atom stereocenters. The monoisotopic (exact) mass is 450 g/mol. The van der Waals surface area contributed by atoms with E-state index in [4.69, 9.17) is 4.98 Å². The van der Waals surface area contributed by atoms with Gasteiger partial charge < -0.3 is 5.32 Å². The largest absolute Gasteiger partial charge is 0.341 e. The van der Waals surface area contributed by atoms with Gasteiger partial charge in [-0.1, -0.05) is 32.5 Å². The van der Waals surface area contributed by atoms with E-state index in [1.165, 1.54) is 29.3 Å². The van der Waals surface area contributed by atoms with Crippen molar-refractivity contribution in [2.75, 3.05) is 7.05 Å². The molecule has 3 rings (SSSR count). The zero-order valence-electron chi connectivity index (χ0n) is 18.2. The molecule has 1 aliphatic carbocycles. The number of carbonyl (C=O) groups excluding carboxylic acids is 2. The van der Waals surface area contributed by atoms with E-state index in [-0.39, 0.29) is 5.56 Å². The van der Waals surface area contributed by atoms with Crippen molar-refractivity contribution in [3.8, 4) is 0 Å². The van der Waals surface area contributed by atoms with E-state index < -0.39 is 17.2 Å². The van der Waals surface area contributed by atoms with E-state index in [0.29, 0.717) is 23.5 Å². The lowest BCUT2D eigenvalue weighted by Crippen LogP contribution is -2.41. The summed E-state index contributed by atoms with van der Waals surface area (Å²) in [5.41, 5.74) is 1.17. The predicted octanol–water partition coefficient (Wildman–Crippen LogP) is 3.57. The van der Waals surface area contributed by atoms with Gasteiger partial charge in [-0.05, 0) is 50.0 Å². The smallest absolute Gasteiger partial charge is 0.321 e. The van der Waals surface area contributed by atoms with Crippen LogP contribution in [0.15, 0.2) is 9.95 Å². The highest BCUT2D eigenvalue weighted by atomic mass is 32.2. The molecular weight excluding hydrogens is 420 g/mol. The molecule has 0 spiro atoms. The van der Waals surface area contributed by atoms with Crippen LogP contribution in [0.25, 0.3) is 10.2 Å². The van der Waals surface area contributed by atoms with Crippen molar-refractivity contribution in [1.29, 1.82) is 0 Å². The molecule has 0 aliphatic heterocycles. The first-order valence-electron chi connectivity index (χ1n) is 10.5. The Labute approximate surface area is 185 Å². The van der Waals surface area contributed by atoms with Gasteiger partial charge in [0.15, 0.2) is 5.16 Å². The van der Waals surface area contributed by atoms with Gasteiger partial charge in [0.1, 0.15) is 4.83 Å². The highest BCUT2D eigenvalue weighted by Gasteiger charge is 2.26. The van der Waals surface area contributed by atoms with E-state index in [9.17, 15) is 14.4 Å². The van der Waals surface area contributed by atoms with Crippen molar-refractivity contribution in [1.82, 2.24) is 20.2 Å². The second kappa shape index (κ2) is 9.51. The molecular formula is C21H30N4O3S2. The third kappa shape index (κ3) is 4.88. The Morgan fingerprint density at radius 3 is 2.73 bits per heavy atom. The van der Waals surface area contributed by atoms with Gasteiger partial charge in [0.2, 0.25) is 5.91 Å². The molecule has 0 saturated carbocycles. The average Bonchev–Trinajstić information content (AvgIpc) is 3.04. The number of hydrogen-bond acceptors (Lipinski definition) is 6. The van der Waals surface area contributed by atoms with Gasteiger partial charge in [-0.25, -0.2) is 9.78 Å². The van der Waals surface area contributed by atoms with E-state index in [0.717, 1.165) is 35.9 Å². The quantitative estimate of drug-likeness (QED) is 0.518. The summed E-state index contributed by atoms with van der Waals surface area (Å²) in [5, 5.41) is 5.41. The van der Waals surface area contributed by atoms with Crippen LogP contribution in [-0.4, -0.2) is 33.8 Å². The normalized spacial score (nSPS) is 17.1. The van der Waals surface area contributed by atoms with Crippen LogP contribution in [0.5, 0.6) is 0 Å². The lowest BCUT2D eigenvalue weighted by Gasteiger charge is -2.18. The van der Waals surface area contributed by atoms with Crippen LogP contribution in [0.2, 0.25) is 0 Å². The number of amides is 3. The number of nitrogens with zero attached hydrogens (tertiary/aromatic N) is 2. The molecule has 2 N–H and O–H groups in total. The number of urea groups is 1. The molecule has 0 saturated heterocycles. The fourth-order valence-corrected chi connectivity index (χ4v) is 5.93. The molecule has 2 aromatic heterocycles. The molecule has 30 heavy (non-hydrogen) atoms. The summed E-state index contributed by atoms with van der Waals surface area (Å²) in [4.78, 5) is 44.2. The van der Waals surface area contributed by atoms with E-state index in [1.807, 2.05) is 0 Å². The van der Waals surface area contributed by atoms with Crippen molar-refractivity contribution in [3.63, 3.8) is 0 Å². The number of hydrogen-bond donors (Lipinski definition) is 2. The average molecular weight is 451 g/mol. The Morgan fingerprint density at radius 1 is 1.33 bits per heavy atom. The van der Waals surface area contributed by atoms with Gasteiger partial charge >= 0.3 is 6.03 Å². The van der Waals surface area contributed by atoms with Crippen LogP contribution in [0.4, 0.5) is 4.79 Å². The zero-order chi connectivity index (χ0) is 22.0. The first-order chi connectivity index (χ1) is 14.2. The summed E-state index contributed by atoms with van der Waals surface area (Å²) in [5.74, 6) is 0.649. The van der Waals surface area contributed by atoms with Gasteiger partial charge in [-0.2, -0.15) is 0 Å². The second-order valence-electron chi connectivity index (χ2n) is 8.39. The highest BCUT2D eigenvalue weighted by molar-refractivity contribution is 8.00. The molecule has 0 fully saturated rings. The minimum Gasteiger partial charge on any atom is -0.341 e. The number of imide groups is 1. The Balaban J connectivity index is 2.01. The third-order valence-electron chi connectivity index (χ3n) is 5.43. The summed E-state index contributed by atoms with van der Waals surface area (Å²) >= 11 is 2.84. The Morgan fingerprint density at radius 2 is 2.07 bits per heavy atom. The lowest BCUT2D eigenvalue weighted by molar-refractivity contribution is -0.119. The topological polar surface area (TPSA) is 93.1 Å². The number of thioether (sulfide) groups is 1. The summed E-state index contributed by atoms with van der Waals surface area (Å²) < 4.78 is 1.72. The van der Waals surface area contributed by atoms with E-state index in [2.05, 4.69) is 31.4 Å². The van der Waals surface area contributed by atoms with Gasteiger partial charge in [-0.15, -0.1) is 11.3 Å². The number of fused-ring (bicyclic) bond motifs is 3. The Hall–Kier alpha value is -1.87. The highest BCUT2D eigenvalue weighted by Crippen LogP contribution is 2.37. The van der Waals surface area contributed by atoms with Crippen LogP contribution in [0.1, 0.15) is 51.0 Å². The first-order valence-corrected chi connectivity index (χ1v) is 12.1. The van der Waals surface area contributed by atoms with Gasteiger partial charge in [-0.3, -0.25) is 19.5 Å². The number of rotatable bonds is 6. The molecule has 0 aromatic carbocycles. The van der Waals surface area contributed by atoms with Crippen molar-refractivity contribution in [2.45, 2.75) is 70.3 Å². The molecule has 2 heterocycles. The molecule has 0 radical (unpaired) electrons. The van der Waals surface area contributed by atoms with Gasteiger partial charge in [0.25, 0.3) is 5.56 Å². The molecule has 7 nitrogen and oxygen atoms in total.